The number of amides is 2. The fourth-order valence-electron chi connectivity index (χ4n) is 5.29. The summed E-state index contributed by atoms with van der Waals surface area (Å²) in [7, 11) is -4.45. The summed E-state index contributed by atoms with van der Waals surface area (Å²) in [5.41, 5.74) is 1.35. The number of ether oxygens (including phenoxy) is 2. The first-order chi connectivity index (χ1) is 23.2. The van der Waals surface area contributed by atoms with Crippen molar-refractivity contribution in [2.45, 2.75) is 43.7 Å². The van der Waals surface area contributed by atoms with E-state index in [1.807, 2.05) is 37.3 Å². The van der Waals surface area contributed by atoms with E-state index in [2.05, 4.69) is 5.32 Å². The number of rotatable bonds is 14. The van der Waals surface area contributed by atoms with Gasteiger partial charge in [-0.1, -0.05) is 55.8 Å². The van der Waals surface area contributed by atoms with E-state index < -0.39 is 46.1 Å². The summed E-state index contributed by atoms with van der Waals surface area (Å²) in [6, 6.07) is 22.5. The van der Waals surface area contributed by atoms with Crippen LogP contribution >= 0.6 is 0 Å². The Morgan fingerprint density at radius 1 is 0.833 bits per heavy atom. The van der Waals surface area contributed by atoms with Gasteiger partial charge in [0.05, 0.1) is 10.6 Å². The molecule has 0 radical (unpaired) electrons. The van der Waals surface area contributed by atoms with Crippen molar-refractivity contribution in [3.8, 4) is 11.5 Å². The van der Waals surface area contributed by atoms with E-state index in [1.54, 1.807) is 0 Å². The van der Waals surface area contributed by atoms with Crippen LogP contribution < -0.4 is 19.1 Å². The van der Waals surface area contributed by atoms with Crippen molar-refractivity contribution >= 4 is 27.5 Å². The molecule has 0 aromatic heterocycles. The molecule has 0 spiro atoms. The number of fused-ring (bicyclic) bond motifs is 1. The molecule has 1 aliphatic rings. The van der Waals surface area contributed by atoms with Crippen LogP contribution in [-0.4, -0.2) is 57.5 Å². The number of nitrogens with one attached hydrogen (secondary N) is 1. The number of carbonyl (C=O) groups is 2. The average Bonchev–Trinajstić information content (AvgIpc) is 3.10. The minimum absolute atomic E-state index is 0.0355. The number of anilines is 1. The molecule has 4 aromatic rings. The van der Waals surface area contributed by atoms with Crippen LogP contribution in [0.25, 0.3) is 0 Å². The molecule has 2 amide bonds. The molecule has 5 rings (SSSR count). The fourth-order valence-corrected chi connectivity index (χ4v) is 6.72. The van der Waals surface area contributed by atoms with Gasteiger partial charge < -0.3 is 19.7 Å². The van der Waals surface area contributed by atoms with E-state index in [-0.39, 0.29) is 35.9 Å². The second-order valence-corrected chi connectivity index (χ2v) is 13.2. The number of carbonyl (C=O) groups excluding carboxylic acids is 2. The molecule has 0 saturated carbocycles. The zero-order valence-corrected chi connectivity index (χ0v) is 27.3. The number of hydrogen-bond acceptors (Lipinski definition) is 6. The van der Waals surface area contributed by atoms with Crippen molar-refractivity contribution in [3.63, 3.8) is 0 Å². The summed E-state index contributed by atoms with van der Waals surface area (Å²) in [6.07, 6.45) is 1.70. The third-order valence-corrected chi connectivity index (χ3v) is 9.63. The fraction of sp³-hybridized carbons (Fsp3) is 0.278. The summed E-state index contributed by atoms with van der Waals surface area (Å²) in [4.78, 5) is 29.4. The number of sulfonamides is 1. The third-order valence-electron chi connectivity index (χ3n) is 7.86. The number of halogens is 2. The molecule has 0 fully saturated rings. The minimum atomic E-state index is -4.45. The summed E-state index contributed by atoms with van der Waals surface area (Å²) in [5.74, 6) is -1.55. The molecule has 0 unspecified atom stereocenters. The van der Waals surface area contributed by atoms with E-state index in [4.69, 9.17) is 9.47 Å². The zero-order valence-electron chi connectivity index (χ0n) is 26.5. The lowest BCUT2D eigenvalue weighted by atomic mass is 10.0. The van der Waals surface area contributed by atoms with Gasteiger partial charge in [0.2, 0.25) is 11.8 Å². The zero-order chi connectivity index (χ0) is 34.1. The maximum absolute atomic E-state index is 14.5. The van der Waals surface area contributed by atoms with Crippen LogP contribution in [0.5, 0.6) is 11.5 Å². The standard InChI is InChI=1S/C36H37F2N3O6S/c1-2-3-19-39-36(43)32(22-26-7-5-4-6-8-26)40(24-27-9-11-28(37)12-10-27)35(42)25-41(30-15-13-29(38)14-16-30)48(44,45)31-17-18-33-34(23-31)47-21-20-46-33/h4-18,23,32H,2-3,19-22,24-25H2,1H3,(H,39,43)/t32-/m0/s1. The first kappa shape index (κ1) is 34.4. The molecular formula is C36H37F2N3O6S. The van der Waals surface area contributed by atoms with Crippen molar-refractivity contribution in [2.24, 2.45) is 0 Å². The molecule has 0 aliphatic carbocycles. The smallest absolute Gasteiger partial charge is 0.264 e. The van der Waals surface area contributed by atoms with Gasteiger partial charge in [0, 0.05) is 25.6 Å². The van der Waals surface area contributed by atoms with Gasteiger partial charge in [0.15, 0.2) is 11.5 Å². The van der Waals surface area contributed by atoms with Crippen molar-refractivity contribution in [1.29, 1.82) is 0 Å². The largest absolute Gasteiger partial charge is 0.486 e. The van der Waals surface area contributed by atoms with Crippen LogP contribution in [0.15, 0.2) is 102 Å². The molecule has 48 heavy (non-hydrogen) atoms. The number of unbranched alkanes of at least 4 members (excludes halogenated alkanes) is 1. The highest BCUT2D eigenvalue weighted by Gasteiger charge is 2.35. The summed E-state index contributed by atoms with van der Waals surface area (Å²) < 4.78 is 68.4. The molecule has 1 heterocycles. The number of nitrogens with zero attached hydrogens (tertiary/aromatic N) is 2. The Labute approximate surface area is 279 Å². The normalized spacial score (nSPS) is 13.0. The number of benzene rings is 4. The molecule has 1 aliphatic heterocycles. The van der Waals surface area contributed by atoms with Gasteiger partial charge in [-0.05, 0) is 66.1 Å². The molecule has 0 saturated heterocycles. The van der Waals surface area contributed by atoms with E-state index in [9.17, 15) is 26.8 Å². The van der Waals surface area contributed by atoms with Crippen molar-refractivity contribution < 1.29 is 36.3 Å². The SMILES string of the molecule is CCCCNC(=O)[C@H](Cc1ccccc1)N(Cc1ccc(F)cc1)C(=O)CN(c1ccc(F)cc1)S(=O)(=O)c1ccc2c(c1)OCCO2. The van der Waals surface area contributed by atoms with Crippen LogP contribution in [0, 0.1) is 11.6 Å². The van der Waals surface area contributed by atoms with Gasteiger partial charge in [-0.15, -0.1) is 0 Å². The van der Waals surface area contributed by atoms with Crippen LogP contribution in [0.3, 0.4) is 0 Å². The van der Waals surface area contributed by atoms with Crippen LogP contribution in [-0.2, 0) is 32.6 Å². The van der Waals surface area contributed by atoms with Crippen LogP contribution in [0.1, 0.15) is 30.9 Å². The van der Waals surface area contributed by atoms with E-state index in [0.29, 0.717) is 24.5 Å². The second-order valence-electron chi connectivity index (χ2n) is 11.3. The molecule has 4 aromatic carbocycles. The molecule has 12 heteroatoms. The number of hydrogen-bond donors (Lipinski definition) is 1. The van der Waals surface area contributed by atoms with Crippen LogP contribution in [0.4, 0.5) is 14.5 Å². The van der Waals surface area contributed by atoms with Gasteiger partial charge in [-0.2, -0.15) is 0 Å². The molecule has 252 valence electrons. The van der Waals surface area contributed by atoms with Gasteiger partial charge in [0.25, 0.3) is 10.0 Å². The quantitative estimate of drug-likeness (QED) is 0.177. The Bertz CT molecular complexity index is 1810. The Hall–Kier alpha value is -4.97. The summed E-state index contributed by atoms with van der Waals surface area (Å²) in [6.45, 7) is 2.09. The Kier molecular flexibility index (Phi) is 11.3. The molecule has 1 N–H and O–H groups in total. The van der Waals surface area contributed by atoms with Crippen LogP contribution in [0.2, 0.25) is 0 Å². The first-order valence-corrected chi connectivity index (χ1v) is 17.1. The predicted molar refractivity (Wildman–Crippen MR) is 177 cm³/mol. The van der Waals surface area contributed by atoms with Gasteiger partial charge in [-0.3, -0.25) is 13.9 Å². The van der Waals surface area contributed by atoms with E-state index >= 15 is 0 Å². The third kappa shape index (κ3) is 8.48. The highest BCUT2D eigenvalue weighted by atomic mass is 32.2. The lowest BCUT2D eigenvalue weighted by Crippen LogP contribution is -2.53. The van der Waals surface area contributed by atoms with Gasteiger partial charge in [0.1, 0.15) is 37.4 Å². The Morgan fingerprint density at radius 3 is 2.15 bits per heavy atom. The Balaban J connectivity index is 1.56. The lowest BCUT2D eigenvalue weighted by molar-refractivity contribution is -0.140. The minimum Gasteiger partial charge on any atom is -0.486 e. The molecule has 1 atom stereocenters. The topological polar surface area (TPSA) is 105 Å². The van der Waals surface area contributed by atoms with E-state index in [0.717, 1.165) is 34.8 Å². The van der Waals surface area contributed by atoms with Crippen molar-refractivity contribution in [1.82, 2.24) is 10.2 Å². The average molecular weight is 678 g/mol. The Morgan fingerprint density at radius 2 is 1.48 bits per heavy atom. The second kappa shape index (κ2) is 15.7. The summed E-state index contributed by atoms with van der Waals surface area (Å²) in [5, 5.41) is 2.92. The van der Waals surface area contributed by atoms with Crippen molar-refractivity contribution in [2.75, 3.05) is 30.6 Å². The molecule has 0 bridgehead atoms. The summed E-state index contributed by atoms with van der Waals surface area (Å²) >= 11 is 0. The lowest BCUT2D eigenvalue weighted by Gasteiger charge is -2.34. The maximum Gasteiger partial charge on any atom is 0.264 e. The van der Waals surface area contributed by atoms with E-state index in [1.165, 1.54) is 59.5 Å². The van der Waals surface area contributed by atoms with Crippen molar-refractivity contribution in [3.05, 3.63) is 120 Å². The highest BCUT2D eigenvalue weighted by Crippen LogP contribution is 2.34. The monoisotopic (exact) mass is 677 g/mol. The first-order valence-electron chi connectivity index (χ1n) is 15.7. The maximum atomic E-state index is 14.5. The molecule has 9 nitrogen and oxygen atoms in total. The predicted octanol–water partition coefficient (Wildman–Crippen LogP) is 5.49. The highest BCUT2D eigenvalue weighted by molar-refractivity contribution is 7.92. The molecular weight excluding hydrogens is 640 g/mol. The van der Waals surface area contributed by atoms with Gasteiger partial charge >= 0.3 is 0 Å². The van der Waals surface area contributed by atoms with Gasteiger partial charge in [-0.25, -0.2) is 17.2 Å².